The average molecular weight is 262 g/mol. The lowest BCUT2D eigenvalue weighted by atomic mass is 9.95. The van der Waals surface area contributed by atoms with E-state index in [2.05, 4.69) is 33.1 Å². The van der Waals surface area contributed by atoms with Crippen LogP contribution in [-0.2, 0) is 6.54 Å². The second-order valence-corrected chi connectivity index (χ2v) is 5.89. The fourth-order valence-corrected chi connectivity index (χ4v) is 3.45. The predicted octanol–water partition coefficient (Wildman–Crippen LogP) is 2.55. The van der Waals surface area contributed by atoms with Gasteiger partial charge in [-0.15, -0.1) is 11.3 Å². The van der Waals surface area contributed by atoms with Gasteiger partial charge in [-0.05, 0) is 32.4 Å². The number of piperidine rings is 1. The van der Waals surface area contributed by atoms with Crippen LogP contribution in [0, 0.1) is 6.92 Å². The molecule has 0 aromatic carbocycles. The summed E-state index contributed by atoms with van der Waals surface area (Å²) in [5.74, 6) is 0.606. The first-order valence-corrected chi connectivity index (χ1v) is 7.31. The Hall–Kier alpha value is -1.20. The fourth-order valence-electron chi connectivity index (χ4n) is 2.63. The van der Waals surface area contributed by atoms with Crippen molar-refractivity contribution in [3.8, 4) is 0 Å². The zero-order valence-electron chi connectivity index (χ0n) is 10.6. The Morgan fingerprint density at radius 3 is 3.22 bits per heavy atom. The third-order valence-corrected chi connectivity index (χ3v) is 4.60. The molecule has 1 aliphatic rings. The number of aryl methyl sites for hydroxylation is 1. The van der Waals surface area contributed by atoms with E-state index >= 15 is 0 Å². The van der Waals surface area contributed by atoms with E-state index in [0.29, 0.717) is 5.92 Å². The molecule has 3 rings (SSSR count). The van der Waals surface area contributed by atoms with Crippen molar-refractivity contribution in [2.24, 2.45) is 0 Å². The summed E-state index contributed by atoms with van der Waals surface area (Å²) < 4.78 is 0. The molecule has 0 radical (unpaired) electrons. The van der Waals surface area contributed by atoms with Gasteiger partial charge in [-0.25, -0.2) is 4.98 Å². The van der Waals surface area contributed by atoms with E-state index in [-0.39, 0.29) is 0 Å². The summed E-state index contributed by atoms with van der Waals surface area (Å²) in [5.41, 5.74) is 4.41. The number of aromatic nitrogens is 3. The smallest absolute Gasteiger partial charge is 0.0798 e. The molecule has 1 saturated heterocycles. The highest BCUT2D eigenvalue weighted by molar-refractivity contribution is 7.09. The molecule has 96 valence electrons. The van der Waals surface area contributed by atoms with Crippen LogP contribution in [0.5, 0.6) is 0 Å². The summed E-state index contributed by atoms with van der Waals surface area (Å²) in [6, 6.07) is 2.10. The first-order chi connectivity index (χ1) is 8.83. The van der Waals surface area contributed by atoms with Gasteiger partial charge in [0.2, 0.25) is 0 Å². The molecule has 1 fully saturated rings. The van der Waals surface area contributed by atoms with E-state index in [9.17, 15) is 0 Å². The number of thiazole rings is 1. The minimum Gasteiger partial charge on any atom is -0.298 e. The Morgan fingerprint density at radius 1 is 1.56 bits per heavy atom. The third kappa shape index (κ3) is 2.47. The molecule has 5 heteroatoms. The molecule has 1 aliphatic heterocycles. The molecule has 0 aliphatic carbocycles. The van der Waals surface area contributed by atoms with Gasteiger partial charge in [-0.3, -0.25) is 10.00 Å². The first-order valence-electron chi connectivity index (χ1n) is 6.43. The van der Waals surface area contributed by atoms with Gasteiger partial charge in [0, 0.05) is 35.8 Å². The number of likely N-dealkylation sites (tertiary alicyclic amines) is 1. The topological polar surface area (TPSA) is 44.8 Å². The molecule has 4 nitrogen and oxygen atoms in total. The maximum atomic E-state index is 4.33. The van der Waals surface area contributed by atoms with E-state index in [1.54, 1.807) is 11.3 Å². The minimum atomic E-state index is 0.606. The Balaban J connectivity index is 1.66. The molecule has 18 heavy (non-hydrogen) atoms. The van der Waals surface area contributed by atoms with Crippen LogP contribution in [0.3, 0.4) is 0 Å². The lowest BCUT2D eigenvalue weighted by Crippen LogP contribution is -2.34. The Labute approximate surface area is 111 Å². The van der Waals surface area contributed by atoms with Crippen LogP contribution in [-0.4, -0.2) is 33.2 Å². The highest BCUT2D eigenvalue weighted by atomic mass is 32.1. The van der Waals surface area contributed by atoms with Crippen molar-refractivity contribution in [3.63, 3.8) is 0 Å². The van der Waals surface area contributed by atoms with E-state index in [1.165, 1.54) is 35.7 Å². The van der Waals surface area contributed by atoms with Gasteiger partial charge in [0.05, 0.1) is 11.2 Å². The highest BCUT2D eigenvalue weighted by Gasteiger charge is 2.22. The Bertz CT molecular complexity index is 491. The van der Waals surface area contributed by atoms with Crippen LogP contribution < -0.4 is 0 Å². The van der Waals surface area contributed by atoms with E-state index < -0.39 is 0 Å². The van der Waals surface area contributed by atoms with Crippen LogP contribution in [0.1, 0.15) is 35.0 Å². The van der Waals surface area contributed by atoms with Crippen molar-refractivity contribution >= 4 is 11.3 Å². The van der Waals surface area contributed by atoms with Crippen molar-refractivity contribution in [2.45, 2.75) is 32.2 Å². The molecule has 1 N–H and O–H groups in total. The first kappa shape index (κ1) is 11.9. The molecular formula is C13H18N4S. The van der Waals surface area contributed by atoms with E-state index in [4.69, 9.17) is 0 Å². The minimum absolute atomic E-state index is 0.606. The molecule has 0 amide bonds. The van der Waals surface area contributed by atoms with Crippen molar-refractivity contribution in [2.75, 3.05) is 13.1 Å². The largest absolute Gasteiger partial charge is 0.298 e. The number of rotatable bonds is 3. The van der Waals surface area contributed by atoms with Gasteiger partial charge >= 0.3 is 0 Å². The number of H-pyrrole nitrogens is 1. The van der Waals surface area contributed by atoms with Crippen LogP contribution in [0.25, 0.3) is 0 Å². The normalized spacial score (nSPS) is 21.3. The summed E-state index contributed by atoms with van der Waals surface area (Å²) >= 11 is 1.77. The van der Waals surface area contributed by atoms with Gasteiger partial charge in [0.25, 0.3) is 0 Å². The van der Waals surface area contributed by atoms with Crippen LogP contribution in [0.15, 0.2) is 17.8 Å². The maximum Gasteiger partial charge on any atom is 0.0798 e. The number of hydrogen-bond donors (Lipinski definition) is 1. The van der Waals surface area contributed by atoms with Gasteiger partial charge in [-0.1, -0.05) is 0 Å². The van der Waals surface area contributed by atoms with Crippen molar-refractivity contribution in [1.82, 2.24) is 20.1 Å². The standard InChI is InChI=1S/C13H18N4S/c1-10-13(18-9-14-10)8-17-6-2-3-11(7-17)12-4-5-15-16-12/h4-5,9,11H,2-3,6-8H2,1H3,(H,15,16). The second kappa shape index (κ2) is 5.20. The zero-order valence-corrected chi connectivity index (χ0v) is 11.4. The van der Waals surface area contributed by atoms with Gasteiger partial charge < -0.3 is 0 Å². The number of nitrogens with one attached hydrogen (secondary N) is 1. The second-order valence-electron chi connectivity index (χ2n) is 4.95. The summed E-state index contributed by atoms with van der Waals surface area (Å²) in [4.78, 5) is 8.27. The van der Waals surface area contributed by atoms with Gasteiger partial charge in [-0.2, -0.15) is 5.10 Å². The van der Waals surface area contributed by atoms with Crippen molar-refractivity contribution < 1.29 is 0 Å². The van der Waals surface area contributed by atoms with E-state index in [1.807, 2.05) is 11.7 Å². The molecule has 0 bridgehead atoms. The van der Waals surface area contributed by atoms with Crippen molar-refractivity contribution in [3.05, 3.63) is 34.0 Å². The quantitative estimate of drug-likeness (QED) is 0.924. The molecule has 0 spiro atoms. The number of aromatic amines is 1. The molecule has 1 unspecified atom stereocenters. The molecular weight excluding hydrogens is 244 g/mol. The summed E-state index contributed by atoms with van der Waals surface area (Å²) in [6.07, 6.45) is 4.38. The Kier molecular flexibility index (Phi) is 3.43. The van der Waals surface area contributed by atoms with Gasteiger partial charge in [0.1, 0.15) is 0 Å². The SMILES string of the molecule is Cc1ncsc1CN1CCCC(c2ccn[nH]2)C1. The highest BCUT2D eigenvalue weighted by Crippen LogP contribution is 2.27. The number of nitrogens with zero attached hydrogens (tertiary/aromatic N) is 3. The zero-order chi connectivity index (χ0) is 12.4. The maximum absolute atomic E-state index is 4.33. The van der Waals surface area contributed by atoms with Crippen LogP contribution in [0.2, 0.25) is 0 Å². The predicted molar refractivity (Wildman–Crippen MR) is 72.7 cm³/mol. The van der Waals surface area contributed by atoms with Crippen LogP contribution >= 0.6 is 11.3 Å². The Morgan fingerprint density at radius 2 is 2.50 bits per heavy atom. The van der Waals surface area contributed by atoms with Gasteiger partial charge in [0.15, 0.2) is 0 Å². The lowest BCUT2D eigenvalue weighted by Gasteiger charge is -2.31. The number of hydrogen-bond acceptors (Lipinski definition) is 4. The monoisotopic (exact) mass is 262 g/mol. The lowest BCUT2D eigenvalue weighted by molar-refractivity contribution is 0.199. The molecule has 3 heterocycles. The molecule has 2 aromatic rings. The summed E-state index contributed by atoms with van der Waals surface area (Å²) in [6.45, 7) is 5.46. The summed E-state index contributed by atoms with van der Waals surface area (Å²) in [7, 11) is 0. The summed E-state index contributed by atoms with van der Waals surface area (Å²) in [5, 5.41) is 7.17. The molecule has 1 atom stereocenters. The van der Waals surface area contributed by atoms with Crippen LogP contribution in [0.4, 0.5) is 0 Å². The average Bonchev–Trinajstić information content (AvgIpc) is 3.02. The third-order valence-electron chi connectivity index (χ3n) is 3.68. The molecule has 0 saturated carbocycles. The van der Waals surface area contributed by atoms with E-state index in [0.717, 1.165) is 13.1 Å². The molecule has 2 aromatic heterocycles. The fraction of sp³-hybridized carbons (Fsp3) is 0.538. The van der Waals surface area contributed by atoms with Crippen molar-refractivity contribution in [1.29, 1.82) is 0 Å².